The van der Waals surface area contributed by atoms with E-state index in [0.29, 0.717) is 32.1 Å². The van der Waals surface area contributed by atoms with Crippen molar-refractivity contribution < 1.29 is 52.2 Å². The van der Waals surface area contributed by atoms with Crippen molar-refractivity contribution in [3.63, 3.8) is 0 Å². The van der Waals surface area contributed by atoms with Crippen molar-refractivity contribution in [3.05, 3.63) is 134 Å². The van der Waals surface area contributed by atoms with Crippen LogP contribution in [0.5, 0.6) is 0 Å². The molecule has 0 bridgehead atoms. The van der Waals surface area contributed by atoms with Gasteiger partial charge in [0.05, 0.1) is 19.8 Å². The Morgan fingerprint density at radius 1 is 0.372 bits per heavy atom. The summed E-state index contributed by atoms with van der Waals surface area (Å²) in [6, 6.07) is 0. The van der Waals surface area contributed by atoms with E-state index in [-0.39, 0.29) is 25.9 Å². The Bertz CT molecular complexity index is 1820. The van der Waals surface area contributed by atoms with Gasteiger partial charge >= 0.3 is 25.7 Å². The van der Waals surface area contributed by atoms with Crippen LogP contribution < -0.4 is 0 Å². The van der Waals surface area contributed by atoms with Gasteiger partial charge in [-0.2, -0.15) is 0 Å². The first kappa shape index (κ1) is 73.6. The fraction of sp³-hybridized carbons (Fsp3) is 0.621. The van der Waals surface area contributed by atoms with Crippen molar-refractivity contribution in [2.45, 2.75) is 238 Å². The maximum absolute atomic E-state index is 12.9. The Hall–Kier alpha value is -4.38. The number of ether oxygens (including phenoxy) is 3. The molecule has 0 rings (SSSR count). The quantitative estimate of drug-likeness (QED) is 0.0197. The van der Waals surface area contributed by atoms with Gasteiger partial charge in [0, 0.05) is 19.3 Å². The van der Waals surface area contributed by atoms with Gasteiger partial charge < -0.3 is 24.2 Å². The van der Waals surface area contributed by atoms with Crippen LogP contribution in [0, 0.1) is 0 Å². The van der Waals surface area contributed by atoms with E-state index in [4.69, 9.17) is 23.3 Å². The number of hydrogen-bond donors (Lipinski definition) is 2. The first-order valence-corrected chi connectivity index (χ1v) is 31.6. The lowest BCUT2D eigenvalue weighted by atomic mass is 10.1. The van der Waals surface area contributed by atoms with E-state index in [1.165, 1.54) is 64.2 Å². The molecule has 0 saturated carbocycles. The van der Waals surface area contributed by atoms with Crippen LogP contribution in [0.4, 0.5) is 0 Å². The van der Waals surface area contributed by atoms with Crippen molar-refractivity contribution in [2.75, 3.05) is 26.4 Å². The smallest absolute Gasteiger partial charge is 0.462 e. The van der Waals surface area contributed by atoms with Gasteiger partial charge in [0.1, 0.15) is 12.7 Å². The number of hydrogen-bond acceptors (Lipinski definition) is 10. The Morgan fingerprint density at radius 3 is 1.08 bits per heavy atom. The summed E-state index contributed by atoms with van der Waals surface area (Å²) >= 11 is 0. The van der Waals surface area contributed by atoms with Crippen molar-refractivity contribution in [1.29, 1.82) is 0 Å². The summed E-state index contributed by atoms with van der Waals surface area (Å²) in [7, 11) is -4.79. The topological polar surface area (TPSA) is 155 Å². The zero-order valence-corrected chi connectivity index (χ0v) is 49.7. The van der Waals surface area contributed by atoms with Crippen molar-refractivity contribution in [1.82, 2.24) is 0 Å². The van der Waals surface area contributed by atoms with E-state index < -0.39 is 57.8 Å². The lowest BCUT2D eigenvalue weighted by Gasteiger charge is -2.21. The lowest BCUT2D eigenvalue weighted by molar-refractivity contribution is -0.161. The molecule has 78 heavy (non-hydrogen) atoms. The number of rotatable bonds is 54. The maximum atomic E-state index is 12.9. The molecule has 11 nitrogen and oxygen atoms in total. The van der Waals surface area contributed by atoms with Crippen LogP contribution in [-0.2, 0) is 42.2 Å². The standard InChI is InChI=1S/C66H107O11P/c1-4-7-10-13-16-19-22-25-28-31-34-37-40-43-46-49-52-55-64(68)73-59-63(77-66(70)57-54-51-48-45-42-39-36-33-30-27-24-21-18-15-12-9-6-3)61-75-78(71,72)74-60-62(58-67)76-65(69)56-53-50-47-44-41-38-35-32-29-26-23-20-17-14-11-8-5-2/h8-9,11-12,17-18,20-21,25-30,35-36,38-39,44-45,47-48,62-63,67H,4-7,10,13-16,19,22-24,31-34,37,40-43,46,49-61H2,1-3H3,(H,71,72)/b11-8-,12-9-,20-17-,21-18-,28-25-,29-26-,30-27-,38-35-,39-36-,47-44-,48-45-. The molecule has 12 heteroatoms. The highest BCUT2D eigenvalue weighted by atomic mass is 31.2. The van der Waals surface area contributed by atoms with E-state index in [1.807, 2.05) is 24.3 Å². The van der Waals surface area contributed by atoms with E-state index in [1.54, 1.807) is 0 Å². The zero-order chi connectivity index (χ0) is 56.9. The Kier molecular flexibility index (Phi) is 55.5. The zero-order valence-electron chi connectivity index (χ0n) is 48.8. The van der Waals surface area contributed by atoms with Crippen molar-refractivity contribution >= 4 is 25.7 Å². The molecule has 2 N–H and O–H groups in total. The Balaban J connectivity index is 4.87. The van der Waals surface area contributed by atoms with Crippen LogP contribution in [-0.4, -0.2) is 66.5 Å². The summed E-state index contributed by atoms with van der Waals surface area (Å²) < 4.78 is 39.5. The second-order valence-corrected chi connectivity index (χ2v) is 20.8. The minimum Gasteiger partial charge on any atom is -0.462 e. The molecule has 3 unspecified atom stereocenters. The second-order valence-electron chi connectivity index (χ2n) is 19.4. The van der Waals surface area contributed by atoms with Crippen LogP contribution in [0.1, 0.15) is 226 Å². The molecule has 0 aromatic heterocycles. The van der Waals surface area contributed by atoms with Gasteiger partial charge in [0.2, 0.25) is 0 Å². The van der Waals surface area contributed by atoms with Gasteiger partial charge in [-0.1, -0.05) is 219 Å². The normalized spacial score (nSPS) is 14.3. The molecule has 0 aliphatic heterocycles. The molecule has 0 saturated heterocycles. The molecular formula is C66H107O11P. The number of aliphatic hydroxyl groups is 1. The number of phosphoric ester groups is 1. The minimum atomic E-state index is -4.79. The fourth-order valence-electron chi connectivity index (χ4n) is 7.54. The number of phosphoric acid groups is 1. The Morgan fingerprint density at radius 2 is 0.679 bits per heavy atom. The average molecular weight is 1110 g/mol. The SMILES string of the molecule is CC/C=C\C/C=C\C/C=C\C/C=C\C/C=C\CCCC(=O)OC(CO)COP(=O)(O)OCC(COC(=O)CCCCCCCCC/C=C\CCCCCCCC)OC(=O)CCC/C=C\C/C=C\C/C=C\C/C=C\C/C=C\CC. The second kappa shape index (κ2) is 58.8. The molecule has 0 spiro atoms. The van der Waals surface area contributed by atoms with Crippen molar-refractivity contribution in [2.24, 2.45) is 0 Å². The Labute approximate surface area is 474 Å². The number of allylic oxidation sites excluding steroid dienone is 22. The van der Waals surface area contributed by atoms with Gasteiger partial charge in [-0.15, -0.1) is 0 Å². The van der Waals surface area contributed by atoms with E-state index >= 15 is 0 Å². The van der Waals surface area contributed by atoms with E-state index in [0.717, 1.165) is 89.9 Å². The van der Waals surface area contributed by atoms with Crippen LogP contribution in [0.2, 0.25) is 0 Å². The van der Waals surface area contributed by atoms with Crippen LogP contribution in [0.25, 0.3) is 0 Å². The van der Waals surface area contributed by atoms with Crippen LogP contribution >= 0.6 is 7.82 Å². The lowest BCUT2D eigenvalue weighted by Crippen LogP contribution is -2.30. The number of aliphatic hydroxyl groups excluding tert-OH is 1. The molecule has 0 fully saturated rings. The van der Waals surface area contributed by atoms with Gasteiger partial charge in [0.25, 0.3) is 0 Å². The number of carbonyl (C=O) groups excluding carboxylic acids is 3. The molecule has 0 aromatic rings. The van der Waals surface area contributed by atoms with E-state index in [9.17, 15) is 28.9 Å². The van der Waals surface area contributed by atoms with Crippen LogP contribution in [0.3, 0.4) is 0 Å². The number of carbonyl (C=O) groups is 3. The molecule has 0 aliphatic rings. The third-order valence-electron chi connectivity index (χ3n) is 12.0. The average Bonchev–Trinajstić information content (AvgIpc) is 3.43. The first-order chi connectivity index (χ1) is 38.2. The van der Waals surface area contributed by atoms with Crippen LogP contribution in [0.15, 0.2) is 134 Å². The van der Waals surface area contributed by atoms with Gasteiger partial charge in [0.15, 0.2) is 6.10 Å². The molecule has 0 radical (unpaired) electrons. The molecule has 0 amide bonds. The van der Waals surface area contributed by atoms with Gasteiger partial charge in [-0.05, 0) is 122 Å². The monoisotopic (exact) mass is 1110 g/mol. The molecule has 0 aromatic carbocycles. The van der Waals surface area contributed by atoms with Crippen molar-refractivity contribution in [3.8, 4) is 0 Å². The summed E-state index contributed by atoms with van der Waals surface area (Å²) in [5.41, 5.74) is 0. The maximum Gasteiger partial charge on any atom is 0.472 e. The predicted molar refractivity (Wildman–Crippen MR) is 325 cm³/mol. The van der Waals surface area contributed by atoms with E-state index in [2.05, 4.69) is 130 Å². The highest BCUT2D eigenvalue weighted by Gasteiger charge is 2.28. The number of unbranched alkanes of at least 4 members (excludes halogenated alkanes) is 15. The molecule has 0 heterocycles. The fourth-order valence-corrected chi connectivity index (χ4v) is 8.32. The summed E-state index contributed by atoms with van der Waals surface area (Å²) in [5, 5.41) is 9.82. The number of esters is 3. The van der Waals surface area contributed by atoms with Gasteiger partial charge in [-0.3, -0.25) is 23.4 Å². The van der Waals surface area contributed by atoms with Gasteiger partial charge in [-0.25, -0.2) is 4.57 Å². The summed E-state index contributed by atoms with van der Waals surface area (Å²) in [4.78, 5) is 48.6. The summed E-state index contributed by atoms with van der Waals surface area (Å²) in [6.45, 7) is 4.27. The largest absolute Gasteiger partial charge is 0.472 e. The highest BCUT2D eigenvalue weighted by molar-refractivity contribution is 7.47. The molecule has 3 atom stereocenters. The predicted octanol–water partition coefficient (Wildman–Crippen LogP) is 18.1. The molecule has 0 aliphatic carbocycles. The first-order valence-electron chi connectivity index (χ1n) is 30.1. The summed E-state index contributed by atoms with van der Waals surface area (Å²) in [6.07, 6.45) is 74.2. The third kappa shape index (κ3) is 56.3. The molecular weight excluding hydrogens is 1000 g/mol. The summed E-state index contributed by atoms with van der Waals surface area (Å²) in [5.74, 6) is -1.61. The third-order valence-corrected chi connectivity index (χ3v) is 13.0. The minimum absolute atomic E-state index is 0.0772. The molecule has 442 valence electrons. The highest BCUT2D eigenvalue weighted by Crippen LogP contribution is 2.43.